The number of alkyl carbamates (subject to hydrolysis) is 1. The van der Waals surface area contributed by atoms with Crippen LogP contribution in [0.5, 0.6) is 0 Å². The molecule has 0 aromatic heterocycles. The average Bonchev–Trinajstić information content (AvgIpc) is 2.85. The van der Waals surface area contributed by atoms with Gasteiger partial charge in [-0.25, -0.2) is 4.79 Å². The lowest BCUT2D eigenvalue weighted by molar-refractivity contribution is -0.139. The van der Waals surface area contributed by atoms with E-state index in [2.05, 4.69) is 39.2 Å². The molecular weight excluding hydrogens is 623 g/mol. The molecule has 1 aromatic carbocycles. The minimum atomic E-state index is -4.30. The first-order valence-corrected chi connectivity index (χ1v) is 19.0. The van der Waals surface area contributed by atoms with Crippen molar-refractivity contribution in [1.29, 1.82) is 0 Å². The molecule has 0 aliphatic carbocycles. The van der Waals surface area contributed by atoms with E-state index in [4.69, 9.17) is 19.3 Å². The monoisotopic (exact) mass is 676 g/mol. The Balaban J connectivity index is 0.000000938. The molecule has 0 fully saturated rings. The molecule has 0 heterocycles. The summed E-state index contributed by atoms with van der Waals surface area (Å²) in [7, 11) is -2.91. The van der Waals surface area contributed by atoms with Gasteiger partial charge >= 0.3 is 18.4 Å². The SMILES string of the molecule is CC(C)(C)[SiH2]OC(C)(C)C(CCC(F)(F)F)NC(=O)OCc1ccccc1.CC(C)(C)[Si](C)(C)OC[C@@H](N)CCC(F)(F)F. The third kappa shape index (κ3) is 20.4. The molecule has 6 nitrogen and oxygen atoms in total. The molecule has 1 amide bonds. The highest BCUT2D eigenvalue weighted by Crippen LogP contribution is 2.36. The van der Waals surface area contributed by atoms with Crippen LogP contribution in [0.4, 0.5) is 31.1 Å². The molecule has 14 heteroatoms. The number of amides is 1. The number of ether oxygens (including phenoxy) is 1. The van der Waals surface area contributed by atoms with E-state index in [9.17, 15) is 31.1 Å². The van der Waals surface area contributed by atoms with E-state index >= 15 is 0 Å². The highest BCUT2D eigenvalue weighted by molar-refractivity contribution is 6.74. The van der Waals surface area contributed by atoms with Crippen molar-refractivity contribution in [1.82, 2.24) is 5.32 Å². The number of nitrogens with one attached hydrogen (secondary N) is 1. The van der Waals surface area contributed by atoms with Crippen LogP contribution in [-0.4, -0.2) is 60.8 Å². The minimum absolute atomic E-state index is 0.0142. The molecule has 0 saturated heterocycles. The normalized spacial score (nSPS) is 15.0. The summed E-state index contributed by atoms with van der Waals surface area (Å²) in [5, 5.41) is 2.61. The molecule has 0 aliphatic rings. The lowest BCUT2D eigenvalue weighted by Gasteiger charge is -2.37. The van der Waals surface area contributed by atoms with Gasteiger partial charge in [0, 0.05) is 25.5 Å². The van der Waals surface area contributed by atoms with Gasteiger partial charge in [0.15, 0.2) is 18.1 Å². The largest absolute Gasteiger partial charge is 0.445 e. The Morgan fingerprint density at radius 3 is 1.84 bits per heavy atom. The summed E-state index contributed by atoms with van der Waals surface area (Å²) in [4.78, 5) is 12.1. The van der Waals surface area contributed by atoms with Crippen LogP contribution in [-0.2, 0) is 20.2 Å². The van der Waals surface area contributed by atoms with Crippen molar-refractivity contribution in [2.75, 3.05) is 6.61 Å². The molecular formula is C30H54F6N2O4Si2. The van der Waals surface area contributed by atoms with Gasteiger partial charge in [-0.3, -0.25) is 0 Å². The molecule has 0 saturated carbocycles. The van der Waals surface area contributed by atoms with Crippen LogP contribution in [0.25, 0.3) is 0 Å². The summed E-state index contributed by atoms with van der Waals surface area (Å²) < 4.78 is 91.0. The van der Waals surface area contributed by atoms with Gasteiger partial charge < -0.3 is 24.6 Å². The minimum Gasteiger partial charge on any atom is -0.445 e. The molecule has 0 radical (unpaired) electrons. The third-order valence-electron chi connectivity index (χ3n) is 7.20. The number of carbonyl (C=O) groups excluding carboxylic acids is 1. The summed E-state index contributed by atoms with van der Waals surface area (Å²) in [6.07, 6.45) is -11.4. The van der Waals surface area contributed by atoms with E-state index in [0.717, 1.165) is 5.56 Å². The Labute approximate surface area is 263 Å². The number of carbonyl (C=O) groups is 1. The molecule has 2 atom stereocenters. The number of rotatable bonds is 13. The highest BCUT2D eigenvalue weighted by atomic mass is 28.4. The first-order valence-electron chi connectivity index (χ1n) is 14.8. The molecule has 1 rings (SSSR count). The van der Waals surface area contributed by atoms with E-state index in [1.807, 2.05) is 39.0 Å². The molecule has 44 heavy (non-hydrogen) atoms. The fourth-order valence-electron chi connectivity index (χ4n) is 3.28. The van der Waals surface area contributed by atoms with E-state index in [0.29, 0.717) is 0 Å². The van der Waals surface area contributed by atoms with Crippen LogP contribution in [0.3, 0.4) is 0 Å². The zero-order valence-electron chi connectivity index (χ0n) is 28.0. The van der Waals surface area contributed by atoms with Crippen molar-refractivity contribution in [3.63, 3.8) is 0 Å². The van der Waals surface area contributed by atoms with Gasteiger partial charge in [-0.1, -0.05) is 71.9 Å². The van der Waals surface area contributed by atoms with E-state index in [1.54, 1.807) is 26.0 Å². The van der Waals surface area contributed by atoms with Gasteiger partial charge in [-0.05, 0) is 55.4 Å². The molecule has 3 N–H and O–H groups in total. The van der Waals surface area contributed by atoms with Crippen molar-refractivity contribution < 1.29 is 44.7 Å². The maximum Gasteiger partial charge on any atom is 0.407 e. The fourth-order valence-corrected chi connectivity index (χ4v) is 5.35. The predicted octanol–water partition coefficient (Wildman–Crippen LogP) is 8.40. The second kappa shape index (κ2) is 17.3. The number of benzene rings is 1. The smallest absolute Gasteiger partial charge is 0.407 e. The van der Waals surface area contributed by atoms with Crippen molar-refractivity contribution in [2.45, 2.75) is 141 Å². The second-order valence-corrected chi connectivity index (χ2v) is 21.9. The Morgan fingerprint density at radius 1 is 0.886 bits per heavy atom. The van der Waals surface area contributed by atoms with Crippen molar-refractivity contribution in [3.8, 4) is 0 Å². The van der Waals surface area contributed by atoms with Gasteiger partial charge in [0.2, 0.25) is 0 Å². The lowest BCUT2D eigenvalue weighted by atomic mass is 9.94. The van der Waals surface area contributed by atoms with Gasteiger partial charge in [-0.15, -0.1) is 0 Å². The zero-order chi connectivity index (χ0) is 34.6. The van der Waals surface area contributed by atoms with Crippen LogP contribution in [0.15, 0.2) is 30.3 Å². The van der Waals surface area contributed by atoms with Crippen molar-refractivity contribution in [3.05, 3.63) is 35.9 Å². The number of nitrogens with two attached hydrogens (primary N) is 1. The van der Waals surface area contributed by atoms with E-state index in [-0.39, 0.29) is 36.1 Å². The van der Waals surface area contributed by atoms with Crippen molar-refractivity contribution in [2.24, 2.45) is 5.73 Å². The number of hydrogen-bond donors (Lipinski definition) is 2. The molecule has 258 valence electrons. The predicted molar refractivity (Wildman–Crippen MR) is 169 cm³/mol. The quantitative estimate of drug-likeness (QED) is 0.162. The maximum atomic E-state index is 12.7. The van der Waals surface area contributed by atoms with Gasteiger partial charge in [0.1, 0.15) is 6.61 Å². The lowest BCUT2D eigenvalue weighted by Crippen LogP contribution is -2.52. The molecule has 0 aliphatic heterocycles. The second-order valence-electron chi connectivity index (χ2n) is 14.4. The molecule has 1 unspecified atom stereocenters. The number of halogens is 6. The standard InChI is InChI=1S/C19H30F3NO3Si.C11H24F3NOSi/c1-17(2,3)27-26-18(4,5)15(11-12-19(20,21)22)23-16(24)25-13-14-9-7-6-8-10-14;1-10(2,3)17(4,5)16-8-9(15)6-7-11(12,13)14/h6-10,15H,11-13,27H2,1-5H3,(H,23,24);9H,6-8,15H2,1-5H3/t;9-/m.0/s1. The van der Waals surface area contributed by atoms with E-state index < -0.39 is 67.1 Å². The molecule has 0 bridgehead atoms. The van der Waals surface area contributed by atoms with Crippen LogP contribution in [0.1, 0.15) is 86.6 Å². The third-order valence-corrected chi connectivity index (χ3v) is 13.5. The summed E-state index contributed by atoms with van der Waals surface area (Å²) >= 11 is 0. The summed E-state index contributed by atoms with van der Waals surface area (Å²) in [5.41, 5.74) is 5.51. The first kappa shape index (κ1) is 42.4. The molecule has 0 spiro atoms. The van der Waals surface area contributed by atoms with Crippen LogP contribution in [0.2, 0.25) is 23.2 Å². The highest BCUT2D eigenvalue weighted by Gasteiger charge is 2.38. The van der Waals surface area contributed by atoms with Crippen LogP contribution < -0.4 is 11.1 Å². The van der Waals surface area contributed by atoms with Crippen LogP contribution in [0, 0.1) is 0 Å². The van der Waals surface area contributed by atoms with Gasteiger partial charge in [0.25, 0.3) is 0 Å². The maximum absolute atomic E-state index is 12.7. The summed E-state index contributed by atoms with van der Waals surface area (Å²) in [6.45, 7) is 20.1. The van der Waals surface area contributed by atoms with Gasteiger partial charge in [0.05, 0.1) is 11.6 Å². The molecule has 1 aromatic rings. The Bertz CT molecular complexity index is 964. The average molecular weight is 677 g/mol. The number of hydrogen-bond acceptors (Lipinski definition) is 5. The fraction of sp³-hybridized carbons (Fsp3) is 0.767. The summed E-state index contributed by atoms with van der Waals surface area (Å²) in [6, 6.07) is 7.74. The Morgan fingerprint density at radius 2 is 1.39 bits per heavy atom. The Kier molecular flexibility index (Phi) is 16.7. The van der Waals surface area contributed by atoms with Crippen LogP contribution >= 0.6 is 0 Å². The van der Waals surface area contributed by atoms with E-state index in [1.165, 1.54) is 0 Å². The van der Waals surface area contributed by atoms with Gasteiger partial charge in [-0.2, -0.15) is 26.3 Å². The topological polar surface area (TPSA) is 82.8 Å². The van der Waals surface area contributed by atoms with Crippen molar-refractivity contribution >= 4 is 24.2 Å². The number of alkyl halides is 6. The Hall–Kier alpha value is -1.62. The summed E-state index contributed by atoms with van der Waals surface area (Å²) in [5.74, 6) is 0. The first-order chi connectivity index (χ1) is 19.6. The zero-order valence-corrected chi connectivity index (χ0v) is 30.4.